The smallest absolute Gasteiger partial charge is 0.341 e. The number of nitrogens with one attached hydrogen (secondary N) is 1. The molecule has 1 aliphatic heterocycles. The van der Waals surface area contributed by atoms with Crippen LogP contribution in [0.1, 0.15) is 56.0 Å². The molecule has 1 atom stereocenters. The van der Waals surface area contributed by atoms with Crippen LogP contribution in [0.15, 0.2) is 42.5 Å². The van der Waals surface area contributed by atoms with E-state index in [4.69, 9.17) is 14.2 Å². The Balaban J connectivity index is 1.91. The minimum Gasteiger partial charge on any atom is -0.490 e. The number of hydrogen-bond acceptors (Lipinski definition) is 5. The summed E-state index contributed by atoms with van der Waals surface area (Å²) in [5, 5.41) is 2.95. The van der Waals surface area contributed by atoms with E-state index in [9.17, 15) is 14.0 Å². The zero-order valence-electron chi connectivity index (χ0n) is 18.8. The van der Waals surface area contributed by atoms with Gasteiger partial charge in [0.2, 0.25) is 5.91 Å². The van der Waals surface area contributed by atoms with Crippen LogP contribution >= 0.6 is 0 Å². The van der Waals surface area contributed by atoms with Gasteiger partial charge in [0.15, 0.2) is 0 Å². The molecule has 1 heterocycles. The molecular formula is C25H30FNO5. The zero-order valence-corrected chi connectivity index (χ0v) is 18.8. The summed E-state index contributed by atoms with van der Waals surface area (Å²) in [6.45, 7) is 6.73. The van der Waals surface area contributed by atoms with E-state index in [1.165, 1.54) is 12.1 Å². The molecule has 0 aliphatic carbocycles. The lowest BCUT2D eigenvalue weighted by atomic mass is 9.73. The Morgan fingerprint density at radius 1 is 1.12 bits per heavy atom. The van der Waals surface area contributed by atoms with Gasteiger partial charge in [0.1, 0.15) is 17.1 Å². The third-order valence-electron chi connectivity index (χ3n) is 5.81. The van der Waals surface area contributed by atoms with E-state index in [2.05, 4.69) is 5.32 Å². The summed E-state index contributed by atoms with van der Waals surface area (Å²) < 4.78 is 30.0. The van der Waals surface area contributed by atoms with Crippen LogP contribution in [0.4, 0.5) is 10.1 Å². The lowest BCUT2D eigenvalue weighted by molar-refractivity contribution is -0.125. The van der Waals surface area contributed by atoms with Gasteiger partial charge >= 0.3 is 5.97 Å². The van der Waals surface area contributed by atoms with Crippen LogP contribution in [0.5, 0.6) is 5.75 Å². The molecule has 0 saturated carbocycles. The molecule has 1 fully saturated rings. The van der Waals surface area contributed by atoms with Gasteiger partial charge in [-0.1, -0.05) is 19.1 Å². The van der Waals surface area contributed by atoms with Crippen molar-refractivity contribution in [3.05, 3.63) is 59.4 Å². The molecule has 32 heavy (non-hydrogen) atoms. The standard InChI is InChI=1S/C25H30FNO5/c1-4-17(3)32-22-11-10-20(16-21(22)23(28)31-5-2)27-24(29)25(12-14-30-15-13-25)18-6-8-19(26)9-7-18/h6-11,16-17H,4-5,12-15H2,1-3H3,(H,27,29)/t17-/m0/s1. The Morgan fingerprint density at radius 3 is 2.44 bits per heavy atom. The van der Waals surface area contributed by atoms with Crippen LogP contribution in [0, 0.1) is 5.82 Å². The average molecular weight is 444 g/mol. The zero-order chi connectivity index (χ0) is 23.1. The molecule has 0 aromatic heterocycles. The van der Waals surface area contributed by atoms with Crippen LogP contribution in [0.25, 0.3) is 0 Å². The molecule has 0 spiro atoms. The number of esters is 1. The largest absolute Gasteiger partial charge is 0.490 e. The predicted octanol–water partition coefficient (Wildman–Crippen LogP) is 4.87. The summed E-state index contributed by atoms with van der Waals surface area (Å²) in [4.78, 5) is 26.0. The molecule has 6 nitrogen and oxygen atoms in total. The van der Waals surface area contributed by atoms with Gasteiger partial charge in [-0.25, -0.2) is 9.18 Å². The molecule has 7 heteroatoms. The highest BCUT2D eigenvalue weighted by Gasteiger charge is 2.41. The van der Waals surface area contributed by atoms with Crippen molar-refractivity contribution in [3.63, 3.8) is 0 Å². The molecule has 1 aliphatic rings. The number of rotatable bonds is 8. The van der Waals surface area contributed by atoms with Gasteiger partial charge in [-0.05, 0) is 69.0 Å². The van der Waals surface area contributed by atoms with E-state index in [0.717, 1.165) is 12.0 Å². The summed E-state index contributed by atoms with van der Waals surface area (Å²) in [7, 11) is 0. The van der Waals surface area contributed by atoms with Crippen LogP contribution in [0.3, 0.4) is 0 Å². The van der Waals surface area contributed by atoms with Gasteiger partial charge in [0.25, 0.3) is 0 Å². The van der Waals surface area contributed by atoms with Crippen LogP contribution in [-0.2, 0) is 19.7 Å². The normalized spacial score (nSPS) is 16.1. The predicted molar refractivity (Wildman–Crippen MR) is 120 cm³/mol. The van der Waals surface area contributed by atoms with Gasteiger partial charge in [-0.15, -0.1) is 0 Å². The number of anilines is 1. The fourth-order valence-corrected chi connectivity index (χ4v) is 3.77. The van der Waals surface area contributed by atoms with Crippen molar-refractivity contribution in [2.45, 2.75) is 51.6 Å². The summed E-state index contributed by atoms with van der Waals surface area (Å²) >= 11 is 0. The molecule has 1 amide bonds. The number of hydrogen-bond donors (Lipinski definition) is 1. The van der Waals surface area contributed by atoms with Gasteiger partial charge in [-0.2, -0.15) is 0 Å². The highest BCUT2D eigenvalue weighted by molar-refractivity contribution is 6.01. The first-order valence-corrected chi connectivity index (χ1v) is 11.0. The van der Waals surface area contributed by atoms with Crippen molar-refractivity contribution in [2.75, 3.05) is 25.1 Å². The maximum Gasteiger partial charge on any atom is 0.341 e. The van der Waals surface area contributed by atoms with Gasteiger partial charge in [0.05, 0.1) is 18.1 Å². The van der Waals surface area contributed by atoms with Crippen molar-refractivity contribution < 1.29 is 28.2 Å². The summed E-state index contributed by atoms with van der Waals surface area (Å²) in [6.07, 6.45) is 1.66. The molecule has 0 unspecified atom stereocenters. The molecule has 0 radical (unpaired) electrons. The van der Waals surface area contributed by atoms with E-state index < -0.39 is 11.4 Å². The highest BCUT2D eigenvalue weighted by Crippen LogP contribution is 2.37. The Labute approximate surface area is 188 Å². The number of benzene rings is 2. The maximum atomic E-state index is 13.5. The molecule has 172 valence electrons. The minimum atomic E-state index is -0.845. The van der Waals surface area contributed by atoms with Crippen molar-refractivity contribution in [3.8, 4) is 5.75 Å². The molecule has 0 bridgehead atoms. The Kier molecular flexibility index (Phi) is 7.85. The summed E-state index contributed by atoms with van der Waals surface area (Å²) in [5.74, 6) is -0.679. The van der Waals surface area contributed by atoms with E-state index >= 15 is 0 Å². The topological polar surface area (TPSA) is 73.9 Å². The number of ether oxygens (including phenoxy) is 3. The molecule has 1 saturated heterocycles. The fraction of sp³-hybridized carbons (Fsp3) is 0.440. The number of carbonyl (C=O) groups excluding carboxylic acids is 2. The first-order valence-electron chi connectivity index (χ1n) is 11.0. The molecular weight excluding hydrogens is 413 g/mol. The second kappa shape index (κ2) is 10.6. The van der Waals surface area contributed by atoms with Crippen molar-refractivity contribution in [1.82, 2.24) is 0 Å². The fourth-order valence-electron chi connectivity index (χ4n) is 3.77. The van der Waals surface area contributed by atoms with Crippen molar-refractivity contribution in [1.29, 1.82) is 0 Å². The van der Waals surface area contributed by atoms with Gasteiger partial charge < -0.3 is 19.5 Å². The lowest BCUT2D eigenvalue weighted by Crippen LogP contribution is -2.44. The minimum absolute atomic E-state index is 0.0763. The first kappa shape index (κ1) is 23.7. The molecule has 3 rings (SSSR count). The van der Waals surface area contributed by atoms with E-state index in [1.54, 1.807) is 37.3 Å². The maximum absolute atomic E-state index is 13.5. The van der Waals surface area contributed by atoms with E-state index in [0.29, 0.717) is 37.5 Å². The third kappa shape index (κ3) is 5.27. The van der Waals surface area contributed by atoms with E-state index in [-0.39, 0.29) is 30.0 Å². The van der Waals surface area contributed by atoms with Crippen LogP contribution in [-0.4, -0.2) is 37.8 Å². The average Bonchev–Trinajstić information content (AvgIpc) is 2.80. The summed E-state index contributed by atoms with van der Waals surface area (Å²) in [5.41, 5.74) is 0.611. The van der Waals surface area contributed by atoms with Crippen molar-refractivity contribution >= 4 is 17.6 Å². The van der Waals surface area contributed by atoms with Crippen LogP contribution < -0.4 is 10.1 Å². The highest BCUT2D eigenvalue weighted by atomic mass is 19.1. The van der Waals surface area contributed by atoms with Crippen LogP contribution in [0.2, 0.25) is 0 Å². The first-order chi connectivity index (χ1) is 15.4. The monoisotopic (exact) mass is 443 g/mol. The second-order valence-corrected chi connectivity index (χ2v) is 7.92. The Hall–Kier alpha value is -2.93. The third-order valence-corrected chi connectivity index (χ3v) is 5.81. The van der Waals surface area contributed by atoms with Gasteiger partial charge in [-0.3, -0.25) is 4.79 Å². The quantitative estimate of drug-likeness (QED) is 0.590. The Morgan fingerprint density at radius 2 is 1.81 bits per heavy atom. The van der Waals surface area contributed by atoms with Crippen molar-refractivity contribution in [2.24, 2.45) is 0 Å². The SMILES string of the molecule is CCOC(=O)c1cc(NC(=O)C2(c3ccc(F)cc3)CCOCC2)ccc1O[C@@H](C)CC. The summed E-state index contributed by atoms with van der Waals surface area (Å²) in [6, 6.07) is 11.0. The molecule has 1 N–H and O–H groups in total. The number of halogens is 1. The second-order valence-electron chi connectivity index (χ2n) is 7.92. The number of carbonyl (C=O) groups is 2. The van der Waals surface area contributed by atoms with E-state index in [1.807, 2.05) is 13.8 Å². The number of amides is 1. The van der Waals surface area contributed by atoms with Gasteiger partial charge in [0, 0.05) is 18.9 Å². The lowest BCUT2D eigenvalue weighted by Gasteiger charge is -2.36. The molecule has 2 aromatic carbocycles. The molecule has 2 aromatic rings. The Bertz CT molecular complexity index is 938.